The Labute approximate surface area is 158 Å². The maximum absolute atomic E-state index is 12.2. The van der Waals surface area contributed by atoms with Gasteiger partial charge in [0.2, 0.25) is 5.91 Å². The summed E-state index contributed by atoms with van der Waals surface area (Å²) in [6, 6.07) is 6.52. The molecule has 4 heterocycles. The van der Waals surface area contributed by atoms with Crippen LogP contribution in [0.2, 0.25) is 0 Å². The van der Waals surface area contributed by atoms with Crippen LogP contribution in [0.25, 0.3) is 16.8 Å². The topological polar surface area (TPSA) is 78.3 Å². The van der Waals surface area contributed by atoms with Crippen LogP contribution in [0.1, 0.15) is 39.0 Å². The molecule has 4 rings (SSSR count). The van der Waals surface area contributed by atoms with Crippen LogP contribution < -0.4 is 5.32 Å². The molecule has 27 heavy (non-hydrogen) atoms. The number of nitrogens with one attached hydrogen (secondary N) is 2. The van der Waals surface area contributed by atoms with Crippen LogP contribution >= 0.6 is 0 Å². The third kappa shape index (κ3) is 4.19. The highest BCUT2D eigenvalue weighted by Crippen LogP contribution is 2.21. The summed E-state index contributed by atoms with van der Waals surface area (Å²) in [5.74, 6) is 0.579. The summed E-state index contributed by atoms with van der Waals surface area (Å²) in [5, 5.41) is 10.1. The van der Waals surface area contributed by atoms with E-state index in [0.717, 1.165) is 36.3 Å². The molecule has 142 valence electrons. The molecule has 1 unspecified atom stereocenters. The summed E-state index contributed by atoms with van der Waals surface area (Å²) in [6.45, 7) is 4.43. The largest absolute Gasteiger partial charge is 0.309 e. The van der Waals surface area contributed by atoms with Crippen molar-refractivity contribution in [2.75, 3.05) is 18.4 Å². The Kier molecular flexibility index (Phi) is 5.20. The highest BCUT2D eigenvalue weighted by molar-refractivity contribution is 5.90. The smallest absolute Gasteiger partial charge is 0.225 e. The number of pyridine rings is 1. The lowest BCUT2D eigenvalue weighted by Crippen LogP contribution is -2.38. The fourth-order valence-electron chi connectivity index (χ4n) is 3.75. The number of likely N-dealkylation sites (tertiary alicyclic amines) is 1. The minimum absolute atomic E-state index is 0.0165. The summed E-state index contributed by atoms with van der Waals surface area (Å²) >= 11 is 0. The summed E-state index contributed by atoms with van der Waals surface area (Å²) in [4.78, 5) is 18.8. The molecule has 1 fully saturated rings. The Balaban J connectivity index is 1.30. The normalized spacial score (nSPS) is 18.0. The van der Waals surface area contributed by atoms with Crippen LogP contribution in [0, 0.1) is 0 Å². The van der Waals surface area contributed by atoms with E-state index in [9.17, 15) is 4.79 Å². The number of hydrogen-bond donors (Lipinski definition) is 2. The number of aromatic nitrogens is 4. The highest BCUT2D eigenvalue weighted by atomic mass is 16.1. The molecule has 1 aliphatic rings. The van der Waals surface area contributed by atoms with E-state index in [1.807, 2.05) is 35.0 Å². The molecule has 3 aromatic heterocycles. The van der Waals surface area contributed by atoms with E-state index in [1.165, 1.54) is 19.3 Å². The number of piperidine rings is 1. The first-order chi connectivity index (χ1) is 13.2. The van der Waals surface area contributed by atoms with Gasteiger partial charge in [-0.1, -0.05) is 6.42 Å². The van der Waals surface area contributed by atoms with Crippen LogP contribution in [0.4, 0.5) is 5.82 Å². The minimum atomic E-state index is 0.0165. The maximum atomic E-state index is 12.2. The number of rotatable bonds is 6. The van der Waals surface area contributed by atoms with Crippen molar-refractivity contribution in [3.05, 3.63) is 36.9 Å². The Bertz CT molecular complexity index is 914. The second-order valence-electron chi connectivity index (χ2n) is 7.34. The average molecular weight is 366 g/mol. The van der Waals surface area contributed by atoms with E-state index in [1.54, 1.807) is 6.33 Å². The van der Waals surface area contributed by atoms with Crippen molar-refractivity contribution in [2.45, 2.75) is 45.1 Å². The van der Waals surface area contributed by atoms with Gasteiger partial charge in [0.1, 0.15) is 0 Å². The van der Waals surface area contributed by atoms with Crippen LogP contribution in [0.3, 0.4) is 0 Å². The molecule has 7 nitrogen and oxygen atoms in total. The van der Waals surface area contributed by atoms with Crippen molar-refractivity contribution in [1.29, 1.82) is 0 Å². The van der Waals surface area contributed by atoms with Gasteiger partial charge in [0.15, 0.2) is 5.82 Å². The van der Waals surface area contributed by atoms with E-state index in [4.69, 9.17) is 0 Å². The first-order valence-electron chi connectivity index (χ1n) is 9.70. The van der Waals surface area contributed by atoms with Crippen molar-refractivity contribution in [3.8, 4) is 11.3 Å². The number of amides is 1. The van der Waals surface area contributed by atoms with Gasteiger partial charge in [-0.05, 0) is 51.4 Å². The van der Waals surface area contributed by atoms with Gasteiger partial charge in [-0.3, -0.25) is 9.89 Å². The van der Waals surface area contributed by atoms with Gasteiger partial charge in [0.25, 0.3) is 0 Å². The summed E-state index contributed by atoms with van der Waals surface area (Å²) in [6.07, 6.45) is 10.8. The molecule has 7 heteroatoms. The molecular formula is C20H26N6O. The number of carbonyl (C=O) groups is 1. The van der Waals surface area contributed by atoms with Gasteiger partial charge >= 0.3 is 0 Å². The molecule has 0 radical (unpaired) electrons. The van der Waals surface area contributed by atoms with Crippen LogP contribution in [-0.4, -0.2) is 49.5 Å². The second-order valence-corrected chi connectivity index (χ2v) is 7.34. The number of H-pyrrole nitrogens is 1. The zero-order valence-corrected chi connectivity index (χ0v) is 15.7. The van der Waals surface area contributed by atoms with Crippen LogP contribution in [-0.2, 0) is 4.79 Å². The molecule has 2 N–H and O–H groups in total. The molecular weight excluding hydrogens is 340 g/mol. The van der Waals surface area contributed by atoms with Gasteiger partial charge in [-0.25, -0.2) is 4.98 Å². The number of fused-ring (bicyclic) bond motifs is 1. The number of carbonyl (C=O) groups excluding carboxylic acids is 1. The predicted octanol–water partition coefficient (Wildman–Crippen LogP) is 3.32. The van der Waals surface area contributed by atoms with E-state index in [2.05, 4.69) is 32.3 Å². The van der Waals surface area contributed by atoms with E-state index in [-0.39, 0.29) is 5.91 Å². The number of hydrogen-bond acceptors (Lipinski definition) is 4. The van der Waals surface area contributed by atoms with E-state index < -0.39 is 0 Å². The Morgan fingerprint density at radius 3 is 3.19 bits per heavy atom. The van der Waals surface area contributed by atoms with Gasteiger partial charge < -0.3 is 14.6 Å². The number of anilines is 1. The van der Waals surface area contributed by atoms with E-state index in [0.29, 0.717) is 18.3 Å². The Hall–Kier alpha value is -2.67. The Morgan fingerprint density at radius 2 is 2.30 bits per heavy atom. The lowest BCUT2D eigenvalue weighted by Gasteiger charge is -2.33. The third-order valence-electron chi connectivity index (χ3n) is 5.35. The molecule has 0 bridgehead atoms. The summed E-state index contributed by atoms with van der Waals surface area (Å²) in [7, 11) is 0. The fourth-order valence-corrected chi connectivity index (χ4v) is 3.75. The quantitative estimate of drug-likeness (QED) is 0.701. The van der Waals surface area contributed by atoms with Gasteiger partial charge in [-0.2, -0.15) is 5.10 Å². The van der Waals surface area contributed by atoms with E-state index >= 15 is 0 Å². The average Bonchev–Trinajstić information content (AvgIpc) is 3.32. The lowest BCUT2D eigenvalue weighted by molar-refractivity contribution is -0.116. The first kappa shape index (κ1) is 17.7. The third-order valence-corrected chi connectivity index (χ3v) is 5.35. The molecule has 0 saturated carbocycles. The SMILES string of the molecule is CC1CCCCN1CCCC(=O)Nc1cc(-c2ccc3cncn3c2)[nH]n1. The Morgan fingerprint density at radius 1 is 1.37 bits per heavy atom. The van der Waals surface area contributed by atoms with Crippen molar-refractivity contribution in [2.24, 2.45) is 0 Å². The van der Waals surface area contributed by atoms with Gasteiger partial charge in [0.05, 0.1) is 23.7 Å². The molecule has 0 spiro atoms. The van der Waals surface area contributed by atoms with Crippen LogP contribution in [0.5, 0.6) is 0 Å². The van der Waals surface area contributed by atoms with Gasteiger partial charge in [0, 0.05) is 30.3 Å². The first-order valence-corrected chi connectivity index (χ1v) is 9.70. The summed E-state index contributed by atoms with van der Waals surface area (Å²) in [5.41, 5.74) is 2.89. The molecule has 3 aromatic rings. The molecule has 0 aromatic carbocycles. The number of nitrogens with zero attached hydrogens (tertiary/aromatic N) is 4. The fraction of sp³-hybridized carbons (Fsp3) is 0.450. The predicted molar refractivity (Wildman–Crippen MR) is 106 cm³/mol. The van der Waals surface area contributed by atoms with Crippen molar-refractivity contribution >= 4 is 17.2 Å². The zero-order chi connectivity index (χ0) is 18.6. The minimum Gasteiger partial charge on any atom is -0.309 e. The van der Waals surface area contributed by atoms with Crippen molar-refractivity contribution in [1.82, 2.24) is 24.5 Å². The second kappa shape index (κ2) is 7.92. The van der Waals surface area contributed by atoms with Crippen molar-refractivity contribution in [3.63, 3.8) is 0 Å². The molecule has 1 aliphatic heterocycles. The van der Waals surface area contributed by atoms with Crippen LogP contribution in [0.15, 0.2) is 36.9 Å². The standard InChI is InChI=1S/C20H26N6O/c1-15-5-2-3-9-25(15)10-4-6-20(27)22-19-11-18(23-24-19)16-7-8-17-12-21-14-26(17)13-16/h7-8,11-15H,2-6,9-10H2,1H3,(H2,22,23,24,27). The summed E-state index contributed by atoms with van der Waals surface area (Å²) < 4.78 is 1.95. The van der Waals surface area contributed by atoms with Gasteiger partial charge in [-0.15, -0.1) is 0 Å². The molecule has 1 atom stereocenters. The number of aromatic amines is 1. The molecule has 0 aliphatic carbocycles. The zero-order valence-electron chi connectivity index (χ0n) is 15.7. The monoisotopic (exact) mass is 366 g/mol. The molecule has 1 saturated heterocycles. The lowest BCUT2D eigenvalue weighted by atomic mass is 10.0. The van der Waals surface area contributed by atoms with Crippen molar-refractivity contribution < 1.29 is 4.79 Å². The maximum Gasteiger partial charge on any atom is 0.225 e. The number of imidazole rings is 1. The molecule has 1 amide bonds. The highest BCUT2D eigenvalue weighted by Gasteiger charge is 2.17.